The molecule has 1 aromatic carbocycles. The first kappa shape index (κ1) is 20.6. The fourth-order valence-corrected chi connectivity index (χ4v) is 3.95. The van der Waals surface area contributed by atoms with Gasteiger partial charge in [0.05, 0.1) is 15.5 Å². The van der Waals surface area contributed by atoms with Crippen molar-refractivity contribution in [2.75, 3.05) is 32.8 Å². The topological polar surface area (TPSA) is 66.9 Å². The highest BCUT2D eigenvalue weighted by Crippen LogP contribution is 2.35. The second-order valence-corrected chi connectivity index (χ2v) is 7.97. The van der Waals surface area contributed by atoms with E-state index < -0.39 is 0 Å². The van der Waals surface area contributed by atoms with Crippen LogP contribution in [0.1, 0.15) is 27.0 Å². The number of halogens is 2. The van der Waals surface area contributed by atoms with Crippen molar-refractivity contribution in [2.45, 2.75) is 6.92 Å². The lowest BCUT2D eigenvalue weighted by molar-refractivity contribution is -0.134. The van der Waals surface area contributed by atoms with Crippen molar-refractivity contribution < 1.29 is 19.1 Å². The third kappa shape index (κ3) is 4.48. The summed E-state index contributed by atoms with van der Waals surface area (Å²) >= 11 is 13.5. The van der Waals surface area contributed by atoms with Gasteiger partial charge in [-0.25, -0.2) is 0 Å². The minimum atomic E-state index is -0.265. The predicted molar refractivity (Wildman–Crippen MR) is 109 cm³/mol. The molecule has 0 unspecified atom stereocenters. The lowest BCUT2D eigenvalue weighted by Crippen LogP contribution is -2.51. The van der Waals surface area contributed by atoms with Crippen LogP contribution in [0.15, 0.2) is 29.6 Å². The molecule has 148 valence electrons. The molecule has 1 fully saturated rings. The zero-order valence-electron chi connectivity index (χ0n) is 15.1. The van der Waals surface area contributed by atoms with Crippen molar-refractivity contribution >= 4 is 52.1 Å². The largest absolute Gasteiger partial charge is 0.481 e. The van der Waals surface area contributed by atoms with E-state index in [2.05, 4.69) is 0 Å². The molecule has 0 spiro atoms. The van der Waals surface area contributed by atoms with Crippen LogP contribution in [0.2, 0.25) is 10.0 Å². The van der Waals surface area contributed by atoms with E-state index in [9.17, 15) is 14.4 Å². The smallest absolute Gasteiger partial charge is 0.264 e. The zero-order valence-corrected chi connectivity index (χ0v) is 17.4. The zero-order chi connectivity index (χ0) is 20.3. The summed E-state index contributed by atoms with van der Waals surface area (Å²) in [7, 11) is 0. The Balaban J connectivity index is 1.58. The Labute approximate surface area is 176 Å². The first-order valence-corrected chi connectivity index (χ1v) is 10.2. The molecule has 6 nitrogen and oxygen atoms in total. The van der Waals surface area contributed by atoms with Crippen molar-refractivity contribution in [2.24, 2.45) is 0 Å². The van der Waals surface area contributed by atoms with E-state index in [0.717, 1.165) is 0 Å². The number of Topliss-reactive ketones (excluding diaryl/α,β-unsaturated/α-hetero) is 1. The molecule has 1 aliphatic heterocycles. The Bertz CT molecular complexity index is 894. The van der Waals surface area contributed by atoms with Gasteiger partial charge in [-0.3, -0.25) is 14.4 Å². The van der Waals surface area contributed by atoms with E-state index in [1.54, 1.807) is 15.9 Å². The molecule has 0 N–H and O–H groups in total. The lowest BCUT2D eigenvalue weighted by atomic mass is 10.1. The van der Waals surface area contributed by atoms with E-state index in [1.807, 2.05) is 11.4 Å². The summed E-state index contributed by atoms with van der Waals surface area (Å²) in [5.74, 6) is -0.382. The molecular formula is C19H18Cl2N2O4S. The normalized spacial score (nSPS) is 14.1. The molecule has 1 aromatic heterocycles. The average molecular weight is 441 g/mol. The quantitative estimate of drug-likeness (QED) is 0.665. The SMILES string of the molecule is CC(=O)c1ccc(Cl)c(Cl)c1OCC(=O)N1CCN(C(=O)c2cccs2)CC1. The van der Waals surface area contributed by atoms with E-state index >= 15 is 0 Å². The number of benzene rings is 1. The highest BCUT2D eigenvalue weighted by atomic mass is 35.5. The molecule has 3 rings (SSSR count). The molecule has 0 saturated carbocycles. The van der Waals surface area contributed by atoms with Crippen LogP contribution in [0.25, 0.3) is 0 Å². The van der Waals surface area contributed by atoms with Crippen LogP contribution in [0.4, 0.5) is 0 Å². The maximum atomic E-state index is 12.5. The van der Waals surface area contributed by atoms with Gasteiger partial charge in [0.25, 0.3) is 11.8 Å². The number of ketones is 1. The number of thiophene rings is 1. The van der Waals surface area contributed by atoms with Gasteiger partial charge in [-0.05, 0) is 30.5 Å². The molecule has 2 aromatic rings. The van der Waals surface area contributed by atoms with Gasteiger partial charge in [-0.15, -0.1) is 11.3 Å². The fraction of sp³-hybridized carbons (Fsp3) is 0.316. The van der Waals surface area contributed by atoms with Crippen molar-refractivity contribution in [1.29, 1.82) is 0 Å². The highest BCUT2D eigenvalue weighted by Gasteiger charge is 2.26. The molecule has 9 heteroatoms. The molecule has 0 atom stereocenters. The van der Waals surface area contributed by atoms with Crippen molar-refractivity contribution in [3.63, 3.8) is 0 Å². The third-order valence-corrected chi connectivity index (χ3v) is 6.07. The van der Waals surface area contributed by atoms with E-state index in [-0.39, 0.29) is 45.6 Å². The number of hydrogen-bond acceptors (Lipinski definition) is 5. The maximum Gasteiger partial charge on any atom is 0.264 e. The summed E-state index contributed by atoms with van der Waals surface area (Å²) in [4.78, 5) is 40.7. The Hall–Kier alpha value is -2.09. The first-order chi connectivity index (χ1) is 13.4. The van der Waals surface area contributed by atoms with Gasteiger partial charge in [0, 0.05) is 26.2 Å². The Morgan fingerprint density at radius 1 is 1.07 bits per heavy atom. The van der Waals surface area contributed by atoms with Gasteiger partial charge < -0.3 is 14.5 Å². The summed E-state index contributed by atoms with van der Waals surface area (Å²) < 4.78 is 5.55. The number of ether oxygens (including phenoxy) is 1. The Kier molecular flexibility index (Phi) is 6.59. The Morgan fingerprint density at radius 2 is 1.75 bits per heavy atom. The van der Waals surface area contributed by atoms with Crippen LogP contribution in [0.3, 0.4) is 0 Å². The van der Waals surface area contributed by atoms with Crippen LogP contribution in [-0.4, -0.2) is 60.2 Å². The van der Waals surface area contributed by atoms with Crippen molar-refractivity contribution in [1.82, 2.24) is 9.80 Å². The van der Waals surface area contributed by atoms with Crippen LogP contribution < -0.4 is 4.74 Å². The second-order valence-electron chi connectivity index (χ2n) is 6.23. The third-order valence-electron chi connectivity index (χ3n) is 4.42. The van der Waals surface area contributed by atoms with Gasteiger partial charge in [0.15, 0.2) is 18.1 Å². The van der Waals surface area contributed by atoms with Gasteiger partial charge in [-0.2, -0.15) is 0 Å². The standard InChI is InChI=1S/C19H18Cl2N2O4S/c1-12(24)13-4-5-14(20)17(21)18(13)27-11-16(25)22-6-8-23(9-7-22)19(26)15-3-2-10-28-15/h2-5,10H,6-9,11H2,1H3. The van der Waals surface area contributed by atoms with Gasteiger partial charge >= 0.3 is 0 Å². The minimum Gasteiger partial charge on any atom is -0.481 e. The van der Waals surface area contributed by atoms with Crippen LogP contribution in [0.5, 0.6) is 5.75 Å². The van der Waals surface area contributed by atoms with Gasteiger partial charge in [0.2, 0.25) is 0 Å². The molecule has 28 heavy (non-hydrogen) atoms. The monoisotopic (exact) mass is 440 g/mol. The van der Waals surface area contributed by atoms with E-state index in [1.165, 1.54) is 30.4 Å². The van der Waals surface area contributed by atoms with Gasteiger partial charge in [-0.1, -0.05) is 29.3 Å². The highest BCUT2D eigenvalue weighted by molar-refractivity contribution is 7.12. The summed E-state index contributed by atoms with van der Waals surface area (Å²) in [6, 6.07) is 6.66. The molecule has 2 amide bonds. The lowest BCUT2D eigenvalue weighted by Gasteiger charge is -2.34. The molecule has 0 aliphatic carbocycles. The number of hydrogen-bond donors (Lipinski definition) is 0. The van der Waals surface area contributed by atoms with E-state index in [4.69, 9.17) is 27.9 Å². The minimum absolute atomic E-state index is 0.0184. The fourth-order valence-electron chi connectivity index (χ4n) is 2.89. The summed E-state index contributed by atoms with van der Waals surface area (Å²) in [5.41, 5.74) is 0.272. The van der Waals surface area contributed by atoms with Crippen LogP contribution in [-0.2, 0) is 4.79 Å². The first-order valence-electron chi connectivity index (χ1n) is 8.60. The molecule has 2 heterocycles. The molecule has 1 aliphatic rings. The van der Waals surface area contributed by atoms with Crippen LogP contribution in [0, 0.1) is 0 Å². The van der Waals surface area contributed by atoms with Crippen molar-refractivity contribution in [3.05, 3.63) is 50.1 Å². The predicted octanol–water partition coefficient (Wildman–Crippen LogP) is 3.62. The van der Waals surface area contributed by atoms with Crippen molar-refractivity contribution in [3.8, 4) is 5.75 Å². The van der Waals surface area contributed by atoms with Gasteiger partial charge in [0.1, 0.15) is 5.02 Å². The van der Waals surface area contributed by atoms with E-state index in [0.29, 0.717) is 31.1 Å². The Morgan fingerprint density at radius 3 is 2.36 bits per heavy atom. The van der Waals surface area contributed by atoms with Crippen LogP contribution >= 0.6 is 34.5 Å². The second kappa shape index (κ2) is 8.94. The molecule has 0 bridgehead atoms. The number of rotatable bonds is 5. The summed E-state index contributed by atoms with van der Waals surface area (Å²) in [6.45, 7) is 2.87. The number of amides is 2. The maximum absolute atomic E-state index is 12.5. The summed E-state index contributed by atoms with van der Waals surface area (Å²) in [5, 5.41) is 2.21. The number of carbonyl (C=O) groups is 3. The number of carbonyl (C=O) groups excluding carboxylic acids is 3. The number of nitrogens with zero attached hydrogens (tertiary/aromatic N) is 2. The molecule has 0 radical (unpaired) electrons. The average Bonchev–Trinajstić information content (AvgIpc) is 3.23. The molecular weight excluding hydrogens is 423 g/mol. The molecule has 1 saturated heterocycles. The summed E-state index contributed by atoms with van der Waals surface area (Å²) in [6.07, 6.45) is 0. The number of piperazine rings is 1.